The van der Waals surface area contributed by atoms with E-state index >= 15 is 0 Å². The molecule has 3 rings (SSSR count). The molecule has 0 aromatic heterocycles. The lowest BCUT2D eigenvalue weighted by molar-refractivity contribution is 0.583. The Kier molecular flexibility index (Phi) is 4.55. The quantitative estimate of drug-likeness (QED) is 0.548. The van der Waals surface area contributed by atoms with Gasteiger partial charge in [0.25, 0.3) is 0 Å². The first kappa shape index (κ1) is 15.2. The van der Waals surface area contributed by atoms with Crippen LogP contribution in [-0.2, 0) is 19.9 Å². The zero-order valence-corrected chi connectivity index (χ0v) is 14.4. The highest BCUT2D eigenvalue weighted by Gasteiger charge is 2.34. The molecule has 0 atom stereocenters. The topological polar surface area (TPSA) is 17.1 Å². The van der Waals surface area contributed by atoms with Crippen LogP contribution in [0.25, 0.3) is 0 Å². The summed E-state index contributed by atoms with van der Waals surface area (Å²) in [6.45, 7) is 0. The molecule has 22 heavy (non-hydrogen) atoms. The minimum absolute atomic E-state index is 0.508. The molecule has 0 saturated heterocycles. The molecule has 1 nitrogen and oxygen atoms in total. The third-order valence-corrected chi connectivity index (χ3v) is 6.87. The van der Waals surface area contributed by atoms with Gasteiger partial charge in [0.2, 0.25) is 0 Å². The van der Waals surface area contributed by atoms with Gasteiger partial charge in [0.1, 0.15) is 5.75 Å². The van der Waals surface area contributed by atoms with Crippen molar-refractivity contribution in [1.29, 1.82) is 0 Å². The maximum absolute atomic E-state index is 13.8. The van der Waals surface area contributed by atoms with Crippen molar-refractivity contribution in [2.75, 3.05) is 0 Å². The van der Waals surface area contributed by atoms with Crippen molar-refractivity contribution in [2.45, 2.75) is 15.5 Å². The first-order chi connectivity index (χ1) is 10.7. The van der Waals surface area contributed by atoms with Gasteiger partial charge in [0, 0.05) is 10.0 Å². The van der Waals surface area contributed by atoms with Crippen LogP contribution in [0.4, 0.5) is 0 Å². The molecule has 3 heteroatoms. The maximum Gasteiger partial charge on any atom is 0.163 e. The van der Waals surface area contributed by atoms with E-state index < -0.39 is 9.93 Å². The van der Waals surface area contributed by atoms with E-state index in [0.29, 0.717) is 5.75 Å². The summed E-state index contributed by atoms with van der Waals surface area (Å²) >= 11 is 3.44. The number of rotatable bonds is 4. The summed E-state index contributed by atoms with van der Waals surface area (Å²) in [6.07, 6.45) is 0. The van der Waals surface area contributed by atoms with Crippen molar-refractivity contribution in [3.8, 4) is 0 Å². The molecule has 0 spiro atoms. The molecule has 0 radical (unpaired) electrons. The fourth-order valence-electron chi connectivity index (χ4n) is 2.40. The Morgan fingerprint density at radius 2 is 1.14 bits per heavy atom. The molecule has 0 saturated carbocycles. The number of halogens is 1. The van der Waals surface area contributed by atoms with Crippen LogP contribution < -0.4 is 0 Å². The summed E-state index contributed by atoms with van der Waals surface area (Å²) in [7, 11) is -2.33. The van der Waals surface area contributed by atoms with Crippen molar-refractivity contribution in [2.24, 2.45) is 0 Å². The van der Waals surface area contributed by atoms with Crippen LogP contribution in [0.5, 0.6) is 0 Å². The van der Waals surface area contributed by atoms with Crippen LogP contribution in [-0.4, -0.2) is 0 Å². The van der Waals surface area contributed by atoms with E-state index in [0.717, 1.165) is 19.8 Å². The largest absolute Gasteiger partial charge is 0.163 e. The molecule has 0 amide bonds. The Morgan fingerprint density at radius 3 is 1.59 bits per heavy atom. The van der Waals surface area contributed by atoms with E-state index in [1.165, 1.54) is 0 Å². The minimum atomic E-state index is -2.33. The summed E-state index contributed by atoms with van der Waals surface area (Å²) in [5.74, 6) is 0.508. The number of benzene rings is 3. The van der Waals surface area contributed by atoms with E-state index in [-0.39, 0.29) is 0 Å². The monoisotopic (exact) mass is 371 g/mol. The van der Waals surface area contributed by atoms with Gasteiger partial charge in [-0.05, 0) is 36.4 Å². The van der Waals surface area contributed by atoms with Crippen LogP contribution in [0.15, 0.2) is 99.2 Å². The summed E-state index contributed by atoms with van der Waals surface area (Å²) in [4.78, 5) is 1.76. The highest BCUT2D eigenvalue weighted by molar-refractivity contribution is 9.10. The second-order valence-corrected chi connectivity index (χ2v) is 8.57. The Hall–Kier alpha value is -1.71. The molecule has 3 aromatic carbocycles. The fourth-order valence-corrected chi connectivity index (χ4v) is 5.12. The summed E-state index contributed by atoms with van der Waals surface area (Å²) in [5.41, 5.74) is 1.07. The van der Waals surface area contributed by atoms with Gasteiger partial charge in [-0.25, -0.2) is 0 Å². The lowest BCUT2D eigenvalue weighted by Crippen LogP contribution is -2.15. The van der Waals surface area contributed by atoms with Gasteiger partial charge in [-0.3, -0.25) is 0 Å². The van der Waals surface area contributed by atoms with Crippen LogP contribution in [0.3, 0.4) is 0 Å². The van der Waals surface area contributed by atoms with Gasteiger partial charge < -0.3 is 0 Å². The highest BCUT2D eigenvalue weighted by Crippen LogP contribution is 2.32. The smallest absolute Gasteiger partial charge is 0.0933 e. The molecule has 0 aliphatic heterocycles. The van der Waals surface area contributed by atoms with Gasteiger partial charge >= 0.3 is 0 Å². The van der Waals surface area contributed by atoms with Crippen molar-refractivity contribution >= 4 is 25.9 Å². The van der Waals surface area contributed by atoms with Crippen molar-refractivity contribution in [1.82, 2.24) is 0 Å². The summed E-state index contributed by atoms with van der Waals surface area (Å²) in [5, 5.41) is 0. The molecule has 0 heterocycles. The van der Waals surface area contributed by atoms with E-state index in [1.54, 1.807) is 0 Å². The standard InChI is InChI=1S/C19H16BrOS/c20-17-13-11-16(12-14-17)15-22(21,18-7-3-1-4-8-18)19-9-5-2-6-10-19/h1-14H,15H2/q+1. The molecular formula is C19H16BrOS+. The minimum Gasteiger partial charge on any atom is -0.0933 e. The van der Waals surface area contributed by atoms with Crippen molar-refractivity contribution < 1.29 is 4.21 Å². The Labute approximate surface area is 140 Å². The van der Waals surface area contributed by atoms with Gasteiger partial charge in [-0.2, -0.15) is 0 Å². The molecule has 0 N–H and O–H groups in total. The SMILES string of the molecule is O=[S+](Cc1ccc(Br)cc1)(c1ccccc1)c1ccccc1. The lowest BCUT2D eigenvalue weighted by atomic mass is 10.2. The Balaban J connectivity index is 2.08. The highest BCUT2D eigenvalue weighted by atomic mass is 79.9. The van der Waals surface area contributed by atoms with E-state index in [1.807, 2.05) is 84.9 Å². The van der Waals surface area contributed by atoms with Crippen LogP contribution in [0.2, 0.25) is 0 Å². The molecular weight excluding hydrogens is 356 g/mol. The van der Waals surface area contributed by atoms with Gasteiger partial charge in [0.05, 0.1) is 0 Å². The van der Waals surface area contributed by atoms with Crippen molar-refractivity contribution in [3.05, 3.63) is 95.0 Å². The van der Waals surface area contributed by atoms with Crippen molar-refractivity contribution in [3.63, 3.8) is 0 Å². The molecule has 0 unspecified atom stereocenters. The number of hydrogen-bond donors (Lipinski definition) is 0. The average molecular weight is 372 g/mol. The van der Waals surface area contributed by atoms with Gasteiger partial charge in [0.15, 0.2) is 19.7 Å². The Morgan fingerprint density at radius 1 is 0.682 bits per heavy atom. The van der Waals surface area contributed by atoms with Crippen LogP contribution in [0, 0.1) is 0 Å². The summed E-state index contributed by atoms with van der Waals surface area (Å²) in [6, 6.07) is 27.5. The Bertz CT molecular complexity index is 739. The molecule has 0 fully saturated rings. The molecule has 0 bridgehead atoms. The summed E-state index contributed by atoms with van der Waals surface area (Å²) < 4.78 is 14.9. The molecule has 0 aliphatic carbocycles. The van der Waals surface area contributed by atoms with Crippen LogP contribution in [0.1, 0.15) is 5.56 Å². The zero-order chi connectivity index (χ0) is 15.4. The first-order valence-electron chi connectivity index (χ1n) is 7.05. The second kappa shape index (κ2) is 6.59. The maximum atomic E-state index is 13.8. The van der Waals surface area contributed by atoms with E-state index in [9.17, 15) is 4.21 Å². The predicted octanol–water partition coefficient (Wildman–Crippen LogP) is 5.57. The number of hydrogen-bond acceptors (Lipinski definition) is 1. The van der Waals surface area contributed by atoms with Gasteiger partial charge in [-0.1, -0.05) is 68.7 Å². The normalized spacial score (nSPS) is 11.3. The van der Waals surface area contributed by atoms with Gasteiger partial charge in [-0.15, -0.1) is 0 Å². The molecule has 110 valence electrons. The van der Waals surface area contributed by atoms with E-state index in [4.69, 9.17) is 0 Å². The fraction of sp³-hybridized carbons (Fsp3) is 0.0526. The lowest BCUT2D eigenvalue weighted by Gasteiger charge is -2.12. The van der Waals surface area contributed by atoms with Crippen LogP contribution >= 0.6 is 15.9 Å². The molecule has 3 aromatic rings. The van der Waals surface area contributed by atoms with E-state index in [2.05, 4.69) is 15.9 Å². The third kappa shape index (κ3) is 3.21. The third-order valence-electron chi connectivity index (χ3n) is 3.53. The zero-order valence-electron chi connectivity index (χ0n) is 12.0. The average Bonchev–Trinajstić information content (AvgIpc) is 2.58. The predicted molar refractivity (Wildman–Crippen MR) is 95.3 cm³/mol. The first-order valence-corrected chi connectivity index (χ1v) is 9.57. The molecule has 0 aliphatic rings. The second-order valence-electron chi connectivity index (χ2n) is 5.07.